The number of aliphatic hydroxyl groups excluding tert-OH is 1. The molecule has 0 aliphatic heterocycles. The predicted octanol–water partition coefficient (Wildman–Crippen LogP) is 1.04. The molecule has 51 valence electrons. The molecule has 3 heteroatoms. The molecule has 0 aromatic heterocycles. The first-order valence-electron chi connectivity index (χ1n) is 2.01. The van der Waals surface area contributed by atoms with Gasteiger partial charge < -0.3 is 5.11 Å². The van der Waals surface area contributed by atoms with Gasteiger partial charge in [-0.25, -0.2) is 0 Å². The Morgan fingerprint density at radius 3 is 1.88 bits per heavy atom. The summed E-state index contributed by atoms with van der Waals surface area (Å²) in [6.07, 6.45) is 1.17. The fraction of sp³-hybridized carbons (Fsp3) is 0.400. The zero-order valence-corrected chi connectivity index (χ0v) is 6.67. The van der Waals surface area contributed by atoms with Crippen LogP contribution in [0.15, 0.2) is 11.8 Å². The maximum Gasteiger partial charge on any atom is 0.155 e. The van der Waals surface area contributed by atoms with Crippen molar-refractivity contribution in [3.8, 4) is 0 Å². The van der Waals surface area contributed by atoms with Gasteiger partial charge in [0.05, 0.1) is 5.76 Å². The van der Waals surface area contributed by atoms with Crippen molar-refractivity contribution >= 4 is 5.78 Å². The normalized spacial score (nSPS) is 10.0. The van der Waals surface area contributed by atoms with Crippen LogP contribution in [0.25, 0.3) is 0 Å². The molecule has 0 aromatic carbocycles. The largest absolute Gasteiger partial charge is 0.512 e. The molecule has 0 fully saturated rings. The Balaban J connectivity index is 0. The summed E-state index contributed by atoms with van der Waals surface area (Å²) in [4.78, 5) is 10.0. The number of allylic oxidation sites excluding steroid dienone is 2. The van der Waals surface area contributed by atoms with Crippen LogP contribution in [0.5, 0.6) is 0 Å². The molecule has 0 spiro atoms. The van der Waals surface area contributed by atoms with E-state index in [9.17, 15) is 4.79 Å². The van der Waals surface area contributed by atoms with Crippen molar-refractivity contribution < 1.29 is 47.6 Å². The first-order chi connectivity index (χ1) is 3.13. The minimum atomic E-state index is -0.125. The fourth-order valence-electron chi connectivity index (χ4n) is 0.294. The maximum absolute atomic E-state index is 10.0. The monoisotopic (exact) mass is 265 g/mol. The van der Waals surface area contributed by atoms with E-state index in [2.05, 4.69) is 0 Å². The van der Waals surface area contributed by atoms with Crippen LogP contribution in [0.3, 0.4) is 0 Å². The van der Waals surface area contributed by atoms with Gasteiger partial charge in [0.2, 0.25) is 0 Å². The fourth-order valence-corrected chi connectivity index (χ4v) is 0.294. The average Bonchev–Trinajstić information content (AvgIpc) is 1.27. The van der Waals surface area contributed by atoms with Crippen LogP contribution in [-0.2, 0) is 4.79 Å². The molecule has 0 saturated heterocycles. The Labute approximate surface area is 78.6 Å². The van der Waals surface area contributed by atoms with Gasteiger partial charge in [-0.1, -0.05) is 0 Å². The molecule has 0 aromatic rings. The van der Waals surface area contributed by atoms with Crippen LogP contribution in [0.1, 0.15) is 13.8 Å². The van der Waals surface area contributed by atoms with Gasteiger partial charge in [-0.15, -0.1) is 0 Å². The Morgan fingerprint density at radius 1 is 1.50 bits per heavy atom. The summed E-state index contributed by atoms with van der Waals surface area (Å²) in [5, 5.41) is 8.36. The molecule has 0 saturated carbocycles. The summed E-state index contributed by atoms with van der Waals surface area (Å²) in [6, 6.07) is 0. The minimum absolute atomic E-state index is 0. The van der Waals surface area contributed by atoms with E-state index in [0.717, 1.165) is 0 Å². The van der Waals surface area contributed by atoms with Gasteiger partial charge >= 0.3 is 0 Å². The predicted molar refractivity (Wildman–Crippen MR) is 27.1 cm³/mol. The van der Waals surface area contributed by atoms with Crippen LogP contribution >= 0.6 is 0 Å². The van der Waals surface area contributed by atoms with Crippen molar-refractivity contribution in [1.29, 1.82) is 0 Å². The second-order valence-electron chi connectivity index (χ2n) is 1.40. The number of rotatable bonds is 1. The molecule has 2 nitrogen and oxygen atoms in total. The minimum Gasteiger partial charge on any atom is -0.512 e. The van der Waals surface area contributed by atoms with E-state index in [1.54, 1.807) is 0 Å². The zero-order valence-electron chi connectivity index (χ0n) is 4.73. The van der Waals surface area contributed by atoms with Crippen LogP contribution in [0, 0.1) is 37.7 Å². The van der Waals surface area contributed by atoms with Gasteiger partial charge in [-0.3, -0.25) is 4.79 Å². The third-order valence-electron chi connectivity index (χ3n) is 0.412. The smallest absolute Gasteiger partial charge is 0.155 e. The number of carbonyl (C=O) groups excluding carboxylic acids is 1. The zero-order chi connectivity index (χ0) is 5.86. The summed E-state index contributed by atoms with van der Waals surface area (Å²) >= 11 is 0. The number of ketones is 1. The van der Waals surface area contributed by atoms with Gasteiger partial charge in [0.25, 0.3) is 0 Å². The molecular weight excluding hydrogens is 257 g/mol. The molecule has 0 amide bonds. The molecule has 1 N–H and O–H groups in total. The Morgan fingerprint density at radius 2 is 1.88 bits per heavy atom. The second-order valence-corrected chi connectivity index (χ2v) is 1.40. The second kappa shape index (κ2) is 5.60. The van der Waals surface area contributed by atoms with Crippen LogP contribution in [0.2, 0.25) is 0 Å². The van der Waals surface area contributed by atoms with E-state index in [1.165, 1.54) is 19.9 Å². The Kier molecular flexibility index (Phi) is 7.91. The topological polar surface area (TPSA) is 37.3 Å². The van der Waals surface area contributed by atoms with Crippen LogP contribution in [0.4, 0.5) is 0 Å². The van der Waals surface area contributed by atoms with Crippen molar-refractivity contribution in [2.75, 3.05) is 0 Å². The van der Waals surface area contributed by atoms with Gasteiger partial charge in [-0.2, -0.15) is 0 Å². The van der Waals surface area contributed by atoms with Crippen molar-refractivity contribution in [3.63, 3.8) is 0 Å². The van der Waals surface area contributed by atoms with Gasteiger partial charge in [0, 0.05) is 43.8 Å². The molecule has 0 bridgehead atoms. The van der Waals surface area contributed by atoms with Gasteiger partial charge in [0.1, 0.15) is 0 Å². The molecule has 0 atom stereocenters. The molecule has 0 unspecified atom stereocenters. The first-order valence-corrected chi connectivity index (χ1v) is 2.01. The summed E-state index contributed by atoms with van der Waals surface area (Å²) in [7, 11) is 0. The van der Waals surface area contributed by atoms with Gasteiger partial charge in [-0.05, 0) is 13.8 Å². The van der Waals surface area contributed by atoms with Crippen molar-refractivity contribution in [2.24, 2.45) is 0 Å². The summed E-state index contributed by atoms with van der Waals surface area (Å²) in [5.74, 6) is -0.0625. The molecule has 8 heavy (non-hydrogen) atoms. The van der Waals surface area contributed by atoms with E-state index in [-0.39, 0.29) is 49.3 Å². The van der Waals surface area contributed by atoms with E-state index in [4.69, 9.17) is 5.11 Å². The molecule has 0 aliphatic carbocycles. The van der Waals surface area contributed by atoms with Gasteiger partial charge in [0.15, 0.2) is 5.78 Å². The summed E-state index contributed by atoms with van der Waals surface area (Å²) < 4.78 is 0. The number of hydrogen-bond donors (Lipinski definition) is 1. The summed E-state index contributed by atoms with van der Waals surface area (Å²) in [6.45, 7) is 2.85. The van der Waals surface area contributed by atoms with E-state index >= 15 is 0 Å². The van der Waals surface area contributed by atoms with Crippen molar-refractivity contribution in [3.05, 3.63) is 11.8 Å². The van der Waals surface area contributed by atoms with Crippen LogP contribution in [-0.4, -0.2) is 10.9 Å². The standard InChI is InChI=1S/C5H8O2.Ho/c1-4(6)3-5(2)7;/h3,6H,1-2H3;/b4-3-;. The van der Waals surface area contributed by atoms with Crippen LogP contribution < -0.4 is 0 Å². The Hall–Kier alpha value is 0.470. The summed E-state index contributed by atoms with van der Waals surface area (Å²) in [5.41, 5.74) is 0. The number of carbonyl (C=O) groups is 1. The maximum atomic E-state index is 10.0. The van der Waals surface area contributed by atoms with E-state index in [0.29, 0.717) is 0 Å². The van der Waals surface area contributed by atoms with Crippen molar-refractivity contribution in [1.82, 2.24) is 0 Å². The van der Waals surface area contributed by atoms with Crippen molar-refractivity contribution in [2.45, 2.75) is 13.8 Å². The molecule has 1 radical (unpaired) electrons. The number of hydrogen-bond acceptors (Lipinski definition) is 2. The average molecular weight is 265 g/mol. The third-order valence-corrected chi connectivity index (χ3v) is 0.412. The molecule has 0 heterocycles. The third kappa shape index (κ3) is 9.69. The quantitative estimate of drug-likeness (QED) is 0.437. The first kappa shape index (κ1) is 11.3. The number of aliphatic hydroxyl groups is 1. The van der Waals surface area contributed by atoms with E-state index < -0.39 is 0 Å². The van der Waals surface area contributed by atoms with E-state index in [1.807, 2.05) is 0 Å². The molecule has 0 aliphatic rings. The molecule has 0 rings (SSSR count). The molecular formula is C5H8HoO2. The Bertz CT molecular complexity index is 103. The SMILES string of the molecule is CC(=O)/C=C(/C)O.[Ho].